The summed E-state index contributed by atoms with van der Waals surface area (Å²) in [5.41, 5.74) is 7.44. The Kier molecular flexibility index (Phi) is 4.85. The van der Waals surface area contributed by atoms with Crippen LogP contribution in [-0.4, -0.2) is 33.9 Å². The largest absolute Gasteiger partial charge is 0.365 e. The maximum Gasteiger partial charge on any atom is 0.252 e. The number of primary amides is 1. The lowest BCUT2D eigenvalue weighted by Crippen LogP contribution is -2.33. The van der Waals surface area contributed by atoms with Crippen molar-refractivity contribution in [2.75, 3.05) is 13.1 Å². The van der Waals surface area contributed by atoms with Crippen molar-refractivity contribution in [3.05, 3.63) is 58.9 Å². The molecule has 1 aliphatic rings. The molecule has 126 valence electrons. The van der Waals surface area contributed by atoms with E-state index in [2.05, 4.69) is 14.9 Å². The topological polar surface area (TPSA) is 72.1 Å². The average Bonchev–Trinajstić information content (AvgIpc) is 2.57. The summed E-state index contributed by atoms with van der Waals surface area (Å²) in [6, 6.07) is 6.66. The Morgan fingerprint density at radius 1 is 1.29 bits per heavy atom. The minimum absolute atomic E-state index is 0.204. The molecule has 1 fully saturated rings. The summed E-state index contributed by atoms with van der Waals surface area (Å²) in [4.78, 5) is 22.4. The SMILES string of the molecule is Cc1nc(C2CCN(Cc3ccc(F)cc3)CC2)ncc1C(N)=O. The van der Waals surface area contributed by atoms with Gasteiger partial charge in [-0.15, -0.1) is 0 Å². The molecule has 2 heterocycles. The number of likely N-dealkylation sites (tertiary alicyclic amines) is 1. The maximum absolute atomic E-state index is 13.0. The van der Waals surface area contributed by atoms with E-state index < -0.39 is 5.91 Å². The fourth-order valence-corrected chi connectivity index (χ4v) is 3.12. The number of halogens is 1. The van der Waals surface area contributed by atoms with Crippen LogP contribution in [0.5, 0.6) is 0 Å². The van der Waals surface area contributed by atoms with Crippen LogP contribution in [0.4, 0.5) is 4.39 Å². The minimum atomic E-state index is -0.492. The van der Waals surface area contributed by atoms with Crippen LogP contribution >= 0.6 is 0 Å². The molecule has 0 unspecified atom stereocenters. The van der Waals surface area contributed by atoms with E-state index in [-0.39, 0.29) is 5.82 Å². The second-order valence-electron chi connectivity index (χ2n) is 6.27. The maximum atomic E-state index is 13.0. The van der Waals surface area contributed by atoms with Gasteiger partial charge in [-0.3, -0.25) is 9.69 Å². The molecule has 1 aromatic heterocycles. The molecule has 0 aliphatic carbocycles. The van der Waals surface area contributed by atoms with Crippen LogP contribution in [0.15, 0.2) is 30.5 Å². The van der Waals surface area contributed by atoms with Crippen LogP contribution in [0.25, 0.3) is 0 Å². The van der Waals surface area contributed by atoms with Gasteiger partial charge < -0.3 is 5.73 Å². The second kappa shape index (κ2) is 7.05. The number of amides is 1. The van der Waals surface area contributed by atoms with Crippen molar-refractivity contribution < 1.29 is 9.18 Å². The molecule has 1 saturated heterocycles. The van der Waals surface area contributed by atoms with Crippen molar-refractivity contribution in [2.45, 2.75) is 32.2 Å². The highest BCUT2D eigenvalue weighted by Crippen LogP contribution is 2.26. The Balaban J connectivity index is 1.59. The number of piperidine rings is 1. The van der Waals surface area contributed by atoms with Gasteiger partial charge in [-0.1, -0.05) is 12.1 Å². The number of aryl methyl sites for hydroxylation is 1. The number of aromatic nitrogens is 2. The lowest BCUT2D eigenvalue weighted by Gasteiger charge is -2.31. The highest BCUT2D eigenvalue weighted by atomic mass is 19.1. The van der Waals surface area contributed by atoms with Crippen molar-refractivity contribution >= 4 is 5.91 Å². The third kappa shape index (κ3) is 3.76. The summed E-state index contributed by atoms with van der Waals surface area (Å²) in [5.74, 6) is 0.395. The van der Waals surface area contributed by atoms with Crippen LogP contribution in [0.2, 0.25) is 0 Å². The molecular formula is C18H21FN4O. The number of nitrogens with two attached hydrogens (primary N) is 1. The minimum Gasteiger partial charge on any atom is -0.365 e. The molecule has 1 amide bonds. The summed E-state index contributed by atoms with van der Waals surface area (Å²) in [6.45, 7) is 4.51. The van der Waals surface area contributed by atoms with E-state index in [1.807, 2.05) is 12.1 Å². The summed E-state index contributed by atoms with van der Waals surface area (Å²) in [7, 11) is 0. The van der Waals surface area contributed by atoms with Crippen LogP contribution in [-0.2, 0) is 6.54 Å². The molecule has 2 N–H and O–H groups in total. The first kappa shape index (κ1) is 16.5. The number of benzene rings is 1. The molecule has 24 heavy (non-hydrogen) atoms. The number of hydrogen-bond donors (Lipinski definition) is 1. The highest BCUT2D eigenvalue weighted by molar-refractivity contribution is 5.93. The van der Waals surface area contributed by atoms with E-state index in [0.29, 0.717) is 17.2 Å². The standard InChI is InChI=1S/C18H21FN4O/c1-12-16(17(20)24)10-21-18(22-12)14-6-8-23(9-7-14)11-13-2-4-15(19)5-3-13/h2-5,10,14H,6-9,11H2,1H3,(H2,20,24). The highest BCUT2D eigenvalue weighted by Gasteiger charge is 2.23. The molecule has 0 saturated carbocycles. The molecule has 0 radical (unpaired) electrons. The number of nitrogens with zero attached hydrogens (tertiary/aromatic N) is 3. The van der Waals surface area contributed by atoms with E-state index in [0.717, 1.165) is 43.9 Å². The van der Waals surface area contributed by atoms with E-state index in [4.69, 9.17) is 5.73 Å². The van der Waals surface area contributed by atoms with Crippen molar-refractivity contribution in [1.82, 2.24) is 14.9 Å². The number of rotatable bonds is 4. The van der Waals surface area contributed by atoms with Crippen molar-refractivity contribution in [3.8, 4) is 0 Å². The lowest BCUT2D eigenvalue weighted by molar-refractivity contribution is 0.0998. The molecular weight excluding hydrogens is 307 g/mol. The van der Waals surface area contributed by atoms with Gasteiger partial charge in [-0.2, -0.15) is 0 Å². The number of carbonyl (C=O) groups excluding carboxylic acids is 1. The molecule has 6 heteroatoms. The predicted molar refractivity (Wildman–Crippen MR) is 88.9 cm³/mol. The van der Waals surface area contributed by atoms with Crippen LogP contribution in [0.3, 0.4) is 0 Å². The average molecular weight is 328 g/mol. The molecule has 1 aromatic carbocycles. The third-order valence-electron chi connectivity index (χ3n) is 4.54. The zero-order valence-corrected chi connectivity index (χ0v) is 13.7. The van der Waals surface area contributed by atoms with Gasteiger partial charge in [0.1, 0.15) is 11.6 Å². The van der Waals surface area contributed by atoms with Crippen LogP contribution in [0.1, 0.15) is 46.2 Å². The first-order chi connectivity index (χ1) is 11.5. The first-order valence-corrected chi connectivity index (χ1v) is 8.13. The Morgan fingerprint density at radius 2 is 1.96 bits per heavy atom. The van der Waals surface area contributed by atoms with E-state index in [9.17, 15) is 9.18 Å². The van der Waals surface area contributed by atoms with E-state index in [1.54, 1.807) is 6.92 Å². The molecule has 1 aliphatic heterocycles. The van der Waals surface area contributed by atoms with Crippen LogP contribution in [0, 0.1) is 12.7 Å². The number of hydrogen-bond acceptors (Lipinski definition) is 4. The first-order valence-electron chi connectivity index (χ1n) is 8.13. The van der Waals surface area contributed by atoms with Gasteiger partial charge in [-0.05, 0) is 50.6 Å². The summed E-state index contributed by atoms with van der Waals surface area (Å²) < 4.78 is 13.0. The van der Waals surface area contributed by atoms with Gasteiger partial charge in [0, 0.05) is 18.7 Å². The normalized spacial score (nSPS) is 16.2. The van der Waals surface area contributed by atoms with Gasteiger partial charge in [0.05, 0.1) is 11.3 Å². The van der Waals surface area contributed by atoms with Gasteiger partial charge in [0.15, 0.2) is 0 Å². The molecule has 0 spiro atoms. The predicted octanol–water partition coefficient (Wildman–Crippen LogP) is 2.40. The zero-order chi connectivity index (χ0) is 17.1. The quantitative estimate of drug-likeness (QED) is 0.935. The fraction of sp³-hybridized carbons (Fsp3) is 0.389. The number of carbonyl (C=O) groups is 1. The summed E-state index contributed by atoms with van der Waals surface area (Å²) in [5, 5.41) is 0. The molecule has 5 nitrogen and oxygen atoms in total. The van der Waals surface area contributed by atoms with Crippen molar-refractivity contribution in [2.24, 2.45) is 5.73 Å². The zero-order valence-electron chi connectivity index (χ0n) is 13.7. The summed E-state index contributed by atoms with van der Waals surface area (Å²) >= 11 is 0. The molecule has 2 aromatic rings. The lowest BCUT2D eigenvalue weighted by atomic mass is 9.95. The molecule has 3 rings (SSSR count). The fourth-order valence-electron chi connectivity index (χ4n) is 3.12. The Morgan fingerprint density at radius 3 is 2.54 bits per heavy atom. The van der Waals surface area contributed by atoms with Gasteiger partial charge in [0.2, 0.25) is 0 Å². The molecule has 0 bridgehead atoms. The monoisotopic (exact) mass is 328 g/mol. The smallest absolute Gasteiger partial charge is 0.252 e. The summed E-state index contributed by atoms with van der Waals surface area (Å²) in [6.07, 6.45) is 3.47. The van der Waals surface area contributed by atoms with Crippen molar-refractivity contribution in [1.29, 1.82) is 0 Å². The van der Waals surface area contributed by atoms with Gasteiger partial charge in [-0.25, -0.2) is 14.4 Å². The van der Waals surface area contributed by atoms with Crippen LogP contribution < -0.4 is 5.73 Å². The van der Waals surface area contributed by atoms with Gasteiger partial charge in [0.25, 0.3) is 5.91 Å². The Hall–Kier alpha value is -2.34. The van der Waals surface area contributed by atoms with E-state index in [1.165, 1.54) is 18.3 Å². The van der Waals surface area contributed by atoms with E-state index >= 15 is 0 Å². The van der Waals surface area contributed by atoms with Gasteiger partial charge >= 0.3 is 0 Å². The van der Waals surface area contributed by atoms with Crippen molar-refractivity contribution in [3.63, 3.8) is 0 Å². The Bertz CT molecular complexity index is 724. The Labute approximate surface area is 140 Å². The third-order valence-corrected chi connectivity index (χ3v) is 4.54. The molecule has 0 atom stereocenters. The second-order valence-corrected chi connectivity index (χ2v) is 6.27.